The summed E-state index contributed by atoms with van der Waals surface area (Å²) in [6, 6.07) is 0. The Morgan fingerprint density at radius 3 is 3.11 bits per heavy atom. The zero-order valence-electron chi connectivity index (χ0n) is 11.3. The van der Waals surface area contributed by atoms with Crippen LogP contribution in [0.25, 0.3) is 0 Å². The van der Waals surface area contributed by atoms with E-state index in [4.69, 9.17) is 11.5 Å². The highest BCUT2D eigenvalue weighted by Gasteiger charge is 2.15. The number of nitrogens with one attached hydrogen (secondary N) is 1. The van der Waals surface area contributed by atoms with Gasteiger partial charge in [0.15, 0.2) is 0 Å². The quantitative estimate of drug-likeness (QED) is 0.413. The third-order valence-electron chi connectivity index (χ3n) is 3.08. The van der Waals surface area contributed by atoms with Gasteiger partial charge in [-0.2, -0.15) is 0 Å². The summed E-state index contributed by atoms with van der Waals surface area (Å²) in [5.41, 5.74) is 13.1. The molecule has 5 N–H and O–H groups in total. The molecule has 0 spiro atoms. The molecule has 1 aliphatic heterocycles. The van der Waals surface area contributed by atoms with Crippen LogP contribution in [0.4, 0.5) is 0 Å². The highest BCUT2D eigenvalue weighted by molar-refractivity contribution is 7.16. The Labute approximate surface area is 117 Å². The lowest BCUT2D eigenvalue weighted by Crippen LogP contribution is -2.17. The van der Waals surface area contributed by atoms with Gasteiger partial charge in [-0.3, -0.25) is 0 Å². The van der Waals surface area contributed by atoms with Crippen molar-refractivity contribution in [1.82, 2.24) is 5.32 Å². The van der Waals surface area contributed by atoms with Gasteiger partial charge in [0.05, 0.1) is 24.1 Å². The molecule has 0 aromatic rings. The zero-order chi connectivity index (χ0) is 14.1. The molecule has 0 radical (unpaired) electrons. The third kappa shape index (κ3) is 5.43. The second-order valence-electron chi connectivity index (χ2n) is 4.60. The third-order valence-corrected chi connectivity index (χ3v) is 3.42. The zero-order valence-corrected chi connectivity index (χ0v) is 12.5. The van der Waals surface area contributed by atoms with Crippen LogP contribution < -0.4 is 16.8 Å². The Kier molecular flexibility index (Phi) is 7.19. The lowest BCUT2D eigenvalue weighted by atomic mass is 9.94. The van der Waals surface area contributed by atoms with E-state index in [1.165, 1.54) is 6.34 Å². The van der Waals surface area contributed by atoms with Crippen LogP contribution in [0, 0.1) is 5.92 Å². The first kappa shape index (κ1) is 15.7. The van der Waals surface area contributed by atoms with E-state index in [-0.39, 0.29) is 0 Å². The largest absolute Gasteiger partial charge is 0.397 e. The number of hydrogen-bond acceptors (Lipinski definition) is 4. The molecule has 0 saturated carbocycles. The molecule has 0 amide bonds. The predicted octanol–water partition coefficient (Wildman–Crippen LogP) is 1.34. The molecule has 0 aromatic carbocycles. The molecule has 0 aromatic heterocycles. The van der Waals surface area contributed by atoms with Crippen molar-refractivity contribution < 1.29 is 0 Å². The van der Waals surface area contributed by atoms with E-state index in [1.54, 1.807) is 6.34 Å². The lowest BCUT2D eigenvalue weighted by molar-refractivity contribution is 0.449. The van der Waals surface area contributed by atoms with Gasteiger partial charge in [-0.25, -0.2) is 9.98 Å². The summed E-state index contributed by atoms with van der Waals surface area (Å²) in [6.07, 6.45) is 8.30. The fraction of sp³-hybridized carbons (Fsp3) is 0.538. The van der Waals surface area contributed by atoms with Gasteiger partial charge in [0.1, 0.15) is 5.70 Å². The van der Waals surface area contributed by atoms with Crippen LogP contribution in [-0.2, 0) is 0 Å². The molecule has 0 aliphatic carbocycles. The molecular formula is C13H24N5P. The smallest absolute Gasteiger partial charge is 0.109 e. The van der Waals surface area contributed by atoms with E-state index in [0.717, 1.165) is 44.1 Å². The van der Waals surface area contributed by atoms with Crippen molar-refractivity contribution in [2.24, 2.45) is 27.4 Å². The van der Waals surface area contributed by atoms with Crippen LogP contribution in [0.2, 0.25) is 0 Å². The van der Waals surface area contributed by atoms with Crippen LogP contribution in [-0.4, -0.2) is 25.4 Å². The van der Waals surface area contributed by atoms with Gasteiger partial charge < -0.3 is 16.8 Å². The van der Waals surface area contributed by atoms with E-state index in [1.807, 2.05) is 0 Å². The maximum atomic E-state index is 5.81. The fourth-order valence-corrected chi connectivity index (χ4v) is 2.64. The minimum atomic E-state index is 0.420. The van der Waals surface area contributed by atoms with E-state index in [0.29, 0.717) is 17.3 Å². The van der Waals surface area contributed by atoms with Crippen molar-refractivity contribution >= 4 is 21.9 Å². The summed E-state index contributed by atoms with van der Waals surface area (Å²) in [4.78, 5) is 8.56. The van der Waals surface area contributed by atoms with Crippen LogP contribution in [0.3, 0.4) is 0 Å². The normalized spacial score (nSPS) is 21.4. The van der Waals surface area contributed by atoms with E-state index in [9.17, 15) is 0 Å². The maximum Gasteiger partial charge on any atom is 0.109 e. The van der Waals surface area contributed by atoms with Crippen LogP contribution >= 0.6 is 9.24 Å². The van der Waals surface area contributed by atoms with Crippen LogP contribution in [0.15, 0.2) is 33.7 Å². The Hall–Kier alpha value is -1.35. The molecule has 106 valence electrons. The molecule has 5 nitrogen and oxygen atoms in total. The van der Waals surface area contributed by atoms with Gasteiger partial charge in [-0.15, -0.1) is 9.24 Å². The Balaban J connectivity index is 3.06. The number of nitrogens with zero attached hydrogens (tertiary/aromatic N) is 2. The molecule has 1 aliphatic rings. The predicted molar refractivity (Wildman–Crippen MR) is 86.1 cm³/mol. The first-order valence-corrected chi connectivity index (χ1v) is 7.38. The summed E-state index contributed by atoms with van der Waals surface area (Å²) in [5.74, 6) is 0.570. The van der Waals surface area contributed by atoms with Crippen molar-refractivity contribution in [3.8, 4) is 0 Å². The number of nitrogens with two attached hydrogens (primary N) is 2. The van der Waals surface area contributed by atoms with Gasteiger partial charge in [-0.05, 0) is 37.8 Å². The van der Waals surface area contributed by atoms with Crippen molar-refractivity contribution in [2.75, 3.05) is 12.7 Å². The molecule has 19 heavy (non-hydrogen) atoms. The molecule has 2 unspecified atom stereocenters. The van der Waals surface area contributed by atoms with Crippen molar-refractivity contribution in [1.29, 1.82) is 0 Å². The maximum absolute atomic E-state index is 5.81. The summed E-state index contributed by atoms with van der Waals surface area (Å²) in [6.45, 7) is 4.70. The van der Waals surface area contributed by atoms with E-state index >= 15 is 0 Å². The SMILES string of the molecule is C=C(N)C1=C(N=CN)CC(CCP)CCCNC=N1. The van der Waals surface area contributed by atoms with Gasteiger partial charge in [0.25, 0.3) is 0 Å². The first-order chi connectivity index (χ1) is 9.19. The monoisotopic (exact) mass is 281 g/mol. The number of aliphatic imine (C=N–C) groups is 2. The van der Waals surface area contributed by atoms with Crippen molar-refractivity contribution in [3.63, 3.8) is 0 Å². The average Bonchev–Trinajstić information content (AvgIpc) is 2.37. The second-order valence-corrected chi connectivity index (χ2v) is 5.18. The van der Waals surface area contributed by atoms with Gasteiger partial charge >= 0.3 is 0 Å². The standard InChI is InChI=1S/C13H24N5P/c1-10(15)13-12(17-8-14)7-11(4-6-19)3-2-5-16-9-18-13/h8-9,11H,1-7,15,19H2,(H2,14,17)(H,16,18). The molecule has 0 bridgehead atoms. The molecule has 1 rings (SSSR count). The molecule has 1 heterocycles. The summed E-state index contributed by atoms with van der Waals surface area (Å²) >= 11 is 0. The van der Waals surface area contributed by atoms with Gasteiger partial charge in [-0.1, -0.05) is 6.58 Å². The van der Waals surface area contributed by atoms with E-state index < -0.39 is 0 Å². The molecule has 2 atom stereocenters. The van der Waals surface area contributed by atoms with Crippen molar-refractivity contribution in [3.05, 3.63) is 23.7 Å². The topological polar surface area (TPSA) is 88.8 Å². The Morgan fingerprint density at radius 2 is 2.47 bits per heavy atom. The summed E-state index contributed by atoms with van der Waals surface area (Å²) in [5, 5.41) is 3.15. The minimum absolute atomic E-state index is 0.420. The fourth-order valence-electron chi connectivity index (χ4n) is 2.17. The molecular weight excluding hydrogens is 257 g/mol. The molecule has 0 fully saturated rings. The summed E-state index contributed by atoms with van der Waals surface area (Å²) in [7, 11) is 2.78. The van der Waals surface area contributed by atoms with E-state index in [2.05, 4.69) is 31.1 Å². The van der Waals surface area contributed by atoms with Crippen LogP contribution in [0.1, 0.15) is 25.7 Å². The van der Waals surface area contributed by atoms with Gasteiger partial charge in [0.2, 0.25) is 0 Å². The van der Waals surface area contributed by atoms with Gasteiger partial charge in [0, 0.05) is 6.54 Å². The number of hydrogen-bond donors (Lipinski definition) is 3. The Morgan fingerprint density at radius 1 is 1.68 bits per heavy atom. The van der Waals surface area contributed by atoms with Crippen LogP contribution in [0.5, 0.6) is 0 Å². The summed E-state index contributed by atoms with van der Waals surface area (Å²) < 4.78 is 0. The first-order valence-electron chi connectivity index (χ1n) is 6.57. The van der Waals surface area contributed by atoms with Crippen molar-refractivity contribution in [2.45, 2.75) is 25.7 Å². The molecule has 6 heteroatoms. The molecule has 0 saturated heterocycles. The number of allylic oxidation sites excluding steroid dienone is 1. The lowest BCUT2D eigenvalue weighted by Gasteiger charge is -2.19. The second kappa shape index (κ2) is 8.70. The number of rotatable bonds is 4. The minimum Gasteiger partial charge on any atom is -0.397 e. The highest BCUT2D eigenvalue weighted by Crippen LogP contribution is 2.26. The Bertz CT molecular complexity index is 386. The average molecular weight is 281 g/mol. The highest BCUT2D eigenvalue weighted by atomic mass is 31.0.